The van der Waals surface area contributed by atoms with E-state index < -0.39 is 0 Å². The minimum atomic E-state index is -0.280. The van der Waals surface area contributed by atoms with Crippen molar-refractivity contribution >= 4 is 5.91 Å². The number of primary amides is 1. The van der Waals surface area contributed by atoms with E-state index >= 15 is 0 Å². The maximum absolute atomic E-state index is 12.1. The number of rotatable bonds is 32. The molecule has 0 aliphatic heterocycles. The van der Waals surface area contributed by atoms with Gasteiger partial charge in [-0.3, -0.25) is 4.79 Å². The van der Waals surface area contributed by atoms with Crippen LogP contribution in [0.15, 0.2) is 0 Å². The van der Waals surface area contributed by atoms with Crippen molar-refractivity contribution in [2.24, 2.45) is 11.1 Å². The maximum Gasteiger partial charge on any atom is 0.223 e. The van der Waals surface area contributed by atoms with Crippen molar-refractivity contribution in [2.45, 2.75) is 220 Å². The lowest BCUT2D eigenvalue weighted by Gasteiger charge is -2.26. The molecule has 0 aliphatic rings. The molecule has 0 spiro atoms. The first kappa shape index (κ1) is 37.5. The number of hydrogen-bond acceptors (Lipinski definition) is 1. The van der Waals surface area contributed by atoms with Gasteiger partial charge in [0.2, 0.25) is 5.91 Å². The van der Waals surface area contributed by atoms with Crippen LogP contribution in [0, 0.1) is 5.41 Å². The lowest BCUT2D eigenvalue weighted by atomic mass is 9.79. The average molecular weight is 536 g/mol. The van der Waals surface area contributed by atoms with Gasteiger partial charge >= 0.3 is 0 Å². The maximum atomic E-state index is 12.1. The Kier molecular flexibility index (Phi) is 29.0. The summed E-state index contributed by atoms with van der Waals surface area (Å²) in [6.07, 6.45) is 42.3. The molecule has 0 aliphatic carbocycles. The molecule has 0 rings (SSSR count). The van der Waals surface area contributed by atoms with Gasteiger partial charge in [-0.05, 0) is 12.8 Å². The molecule has 0 saturated heterocycles. The van der Waals surface area contributed by atoms with E-state index in [1.165, 1.54) is 173 Å². The molecule has 0 aromatic heterocycles. The van der Waals surface area contributed by atoms with Crippen LogP contribution < -0.4 is 5.73 Å². The van der Waals surface area contributed by atoms with E-state index in [1.807, 2.05) is 0 Å². The SMILES string of the molecule is CCCCCCCCCCCCCCCCCCCCCCCCCC(C)(CCCCCCCC)C(N)=O. The zero-order chi connectivity index (χ0) is 28.0. The van der Waals surface area contributed by atoms with Gasteiger partial charge in [0.1, 0.15) is 0 Å². The molecular formula is C36H73NO. The second-order valence-electron chi connectivity index (χ2n) is 13.0. The van der Waals surface area contributed by atoms with Crippen LogP contribution >= 0.6 is 0 Å². The molecule has 0 radical (unpaired) electrons. The summed E-state index contributed by atoms with van der Waals surface area (Å²) in [5.74, 6) is -0.0788. The molecule has 0 aromatic rings. The number of carbonyl (C=O) groups is 1. The summed E-state index contributed by atoms with van der Waals surface area (Å²) in [5, 5.41) is 0. The number of amides is 1. The summed E-state index contributed by atoms with van der Waals surface area (Å²) in [7, 11) is 0. The van der Waals surface area contributed by atoms with Gasteiger partial charge in [-0.15, -0.1) is 0 Å². The molecule has 0 fully saturated rings. The van der Waals surface area contributed by atoms with Crippen molar-refractivity contribution in [3.8, 4) is 0 Å². The highest BCUT2D eigenvalue weighted by Gasteiger charge is 2.29. The number of unbranched alkanes of at least 4 members (excludes halogenated alkanes) is 27. The van der Waals surface area contributed by atoms with Gasteiger partial charge in [-0.1, -0.05) is 207 Å². The molecule has 1 unspecified atom stereocenters. The Morgan fingerprint density at radius 3 is 0.763 bits per heavy atom. The summed E-state index contributed by atoms with van der Waals surface area (Å²) in [4.78, 5) is 12.1. The topological polar surface area (TPSA) is 43.1 Å². The quantitative estimate of drug-likeness (QED) is 0.0855. The minimum Gasteiger partial charge on any atom is -0.369 e. The highest BCUT2D eigenvalue weighted by Crippen LogP contribution is 2.31. The van der Waals surface area contributed by atoms with Crippen molar-refractivity contribution < 1.29 is 4.79 Å². The molecule has 2 nitrogen and oxygen atoms in total. The van der Waals surface area contributed by atoms with E-state index in [0.29, 0.717) is 0 Å². The molecule has 1 amide bonds. The van der Waals surface area contributed by atoms with Crippen molar-refractivity contribution in [2.75, 3.05) is 0 Å². The van der Waals surface area contributed by atoms with Crippen LogP contribution in [0.4, 0.5) is 0 Å². The smallest absolute Gasteiger partial charge is 0.223 e. The number of carbonyl (C=O) groups excluding carboxylic acids is 1. The molecule has 0 bridgehead atoms. The van der Waals surface area contributed by atoms with Crippen LogP contribution in [0.25, 0.3) is 0 Å². The Morgan fingerprint density at radius 2 is 0.579 bits per heavy atom. The zero-order valence-corrected chi connectivity index (χ0v) is 26.9. The van der Waals surface area contributed by atoms with E-state index in [4.69, 9.17) is 5.73 Å². The van der Waals surface area contributed by atoms with Gasteiger partial charge in [0.25, 0.3) is 0 Å². The highest BCUT2D eigenvalue weighted by atomic mass is 16.1. The average Bonchev–Trinajstić information content (AvgIpc) is 2.91. The molecule has 2 heteroatoms. The fourth-order valence-electron chi connectivity index (χ4n) is 5.97. The van der Waals surface area contributed by atoms with Crippen LogP contribution in [0.1, 0.15) is 220 Å². The minimum absolute atomic E-state index is 0.0788. The van der Waals surface area contributed by atoms with E-state index in [2.05, 4.69) is 20.8 Å². The van der Waals surface area contributed by atoms with Crippen molar-refractivity contribution in [3.05, 3.63) is 0 Å². The Labute approximate surface area is 241 Å². The van der Waals surface area contributed by atoms with Crippen LogP contribution in [-0.2, 0) is 4.79 Å². The van der Waals surface area contributed by atoms with Gasteiger partial charge in [0.15, 0.2) is 0 Å². The number of nitrogens with two attached hydrogens (primary N) is 1. The zero-order valence-electron chi connectivity index (χ0n) is 26.9. The van der Waals surface area contributed by atoms with Crippen molar-refractivity contribution in [1.29, 1.82) is 0 Å². The standard InChI is InChI=1S/C36H73NO/c1-4-6-8-10-12-13-14-15-16-17-18-19-20-21-22-23-24-25-26-27-28-30-32-34-36(3,35(37)38)33-31-29-11-9-7-5-2/h4-34H2,1-3H3,(H2,37,38). The Bertz CT molecular complexity index is 476. The normalized spacial score (nSPS) is 13.1. The molecular weight excluding hydrogens is 462 g/mol. The fourth-order valence-corrected chi connectivity index (χ4v) is 5.97. The van der Waals surface area contributed by atoms with E-state index in [-0.39, 0.29) is 11.3 Å². The molecule has 0 aromatic carbocycles. The molecule has 0 heterocycles. The van der Waals surface area contributed by atoms with Gasteiger partial charge in [-0.25, -0.2) is 0 Å². The molecule has 1 atom stereocenters. The Balaban J connectivity index is 3.37. The van der Waals surface area contributed by atoms with E-state index in [0.717, 1.165) is 25.7 Å². The summed E-state index contributed by atoms with van der Waals surface area (Å²) in [5.41, 5.74) is 5.51. The highest BCUT2D eigenvalue weighted by molar-refractivity contribution is 5.80. The predicted molar refractivity (Wildman–Crippen MR) is 172 cm³/mol. The predicted octanol–water partition coefficient (Wildman–Crippen LogP) is 12.6. The molecule has 228 valence electrons. The van der Waals surface area contributed by atoms with Crippen molar-refractivity contribution in [1.82, 2.24) is 0 Å². The fraction of sp³-hybridized carbons (Fsp3) is 0.972. The third kappa shape index (κ3) is 25.7. The van der Waals surface area contributed by atoms with Crippen LogP contribution in [0.5, 0.6) is 0 Å². The van der Waals surface area contributed by atoms with Crippen LogP contribution in [0.2, 0.25) is 0 Å². The third-order valence-corrected chi connectivity index (χ3v) is 9.01. The first-order valence-electron chi connectivity index (χ1n) is 17.9. The number of hydrogen-bond donors (Lipinski definition) is 1. The van der Waals surface area contributed by atoms with E-state index in [1.54, 1.807) is 0 Å². The largest absolute Gasteiger partial charge is 0.369 e. The van der Waals surface area contributed by atoms with Crippen LogP contribution in [0.3, 0.4) is 0 Å². The second-order valence-corrected chi connectivity index (χ2v) is 13.0. The van der Waals surface area contributed by atoms with Crippen molar-refractivity contribution in [3.63, 3.8) is 0 Å². The Morgan fingerprint density at radius 1 is 0.395 bits per heavy atom. The summed E-state index contributed by atoms with van der Waals surface area (Å²) >= 11 is 0. The molecule has 0 saturated carbocycles. The second kappa shape index (κ2) is 29.5. The monoisotopic (exact) mass is 536 g/mol. The van der Waals surface area contributed by atoms with E-state index in [9.17, 15) is 4.79 Å². The van der Waals surface area contributed by atoms with Crippen LogP contribution in [-0.4, -0.2) is 5.91 Å². The summed E-state index contributed by atoms with van der Waals surface area (Å²) in [6, 6.07) is 0. The van der Waals surface area contributed by atoms with Gasteiger partial charge in [0.05, 0.1) is 0 Å². The summed E-state index contributed by atoms with van der Waals surface area (Å²) < 4.78 is 0. The van der Waals surface area contributed by atoms with Gasteiger partial charge in [0, 0.05) is 5.41 Å². The first-order chi connectivity index (χ1) is 18.6. The summed E-state index contributed by atoms with van der Waals surface area (Å²) in [6.45, 7) is 6.67. The van der Waals surface area contributed by atoms with Gasteiger partial charge < -0.3 is 5.73 Å². The Hall–Kier alpha value is -0.530. The van der Waals surface area contributed by atoms with Gasteiger partial charge in [-0.2, -0.15) is 0 Å². The lowest BCUT2D eigenvalue weighted by Crippen LogP contribution is -2.34. The molecule has 38 heavy (non-hydrogen) atoms. The first-order valence-corrected chi connectivity index (χ1v) is 17.9. The third-order valence-electron chi connectivity index (χ3n) is 9.01. The lowest BCUT2D eigenvalue weighted by molar-refractivity contribution is -0.127. The molecule has 2 N–H and O–H groups in total.